The highest BCUT2D eigenvalue weighted by Crippen LogP contribution is 2.26. The Hall–Kier alpha value is -2.50. The van der Waals surface area contributed by atoms with E-state index >= 15 is 0 Å². The van der Waals surface area contributed by atoms with Crippen LogP contribution in [0.4, 0.5) is 11.5 Å². The zero-order chi connectivity index (χ0) is 19.7. The van der Waals surface area contributed by atoms with Crippen LogP contribution in [0, 0.1) is 13.8 Å². The fourth-order valence-corrected chi connectivity index (χ4v) is 4.69. The van der Waals surface area contributed by atoms with Crippen LogP contribution in [0.5, 0.6) is 0 Å². The van der Waals surface area contributed by atoms with Gasteiger partial charge in [-0.25, -0.2) is 4.79 Å². The zero-order valence-corrected chi connectivity index (χ0v) is 16.9. The van der Waals surface area contributed by atoms with E-state index in [2.05, 4.69) is 46.8 Å². The van der Waals surface area contributed by atoms with Crippen LogP contribution in [0.25, 0.3) is 0 Å². The van der Waals surface area contributed by atoms with Gasteiger partial charge in [-0.15, -0.1) is 0 Å². The molecule has 0 spiro atoms. The second-order valence-corrected chi connectivity index (χ2v) is 8.28. The van der Waals surface area contributed by atoms with E-state index in [9.17, 15) is 9.59 Å². The molecule has 2 heterocycles. The van der Waals surface area contributed by atoms with Crippen LogP contribution in [0.1, 0.15) is 49.3 Å². The highest BCUT2D eigenvalue weighted by molar-refractivity contribution is 5.52. The van der Waals surface area contributed by atoms with Gasteiger partial charge in [0.15, 0.2) is 0 Å². The number of hydrogen-bond acceptors (Lipinski definition) is 4. The summed E-state index contributed by atoms with van der Waals surface area (Å²) in [7, 11) is 0. The highest BCUT2D eigenvalue weighted by atomic mass is 16.2. The summed E-state index contributed by atoms with van der Waals surface area (Å²) >= 11 is 0. The molecule has 2 aliphatic rings. The van der Waals surface area contributed by atoms with Gasteiger partial charge >= 0.3 is 5.69 Å². The molecular weight excluding hydrogens is 352 g/mol. The number of nitrogens with zero attached hydrogens (tertiary/aromatic N) is 3. The summed E-state index contributed by atoms with van der Waals surface area (Å²) in [6, 6.07) is 8.29. The van der Waals surface area contributed by atoms with Gasteiger partial charge in [0.25, 0.3) is 5.56 Å². The number of aryl methyl sites for hydroxylation is 2. The number of H-pyrrole nitrogens is 1. The molecule has 1 aromatic heterocycles. The quantitative estimate of drug-likeness (QED) is 0.887. The van der Waals surface area contributed by atoms with Gasteiger partial charge in [0.1, 0.15) is 5.82 Å². The molecule has 150 valence electrons. The Labute approximate surface area is 165 Å². The number of rotatable bonds is 3. The second kappa shape index (κ2) is 7.86. The van der Waals surface area contributed by atoms with Gasteiger partial charge in [-0.2, -0.15) is 0 Å². The van der Waals surface area contributed by atoms with Crippen LogP contribution < -0.4 is 21.0 Å². The predicted octanol–water partition coefficient (Wildman–Crippen LogP) is 2.99. The first-order chi connectivity index (χ1) is 13.5. The van der Waals surface area contributed by atoms with Crippen LogP contribution >= 0.6 is 0 Å². The molecule has 2 fully saturated rings. The summed E-state index contributed by atoms with van der Waals surface area (Å²) in [6.45, 7) is 7.57. The molecule has 0 atom stereocenters. The van der Waals surface area contributed by atoms with Crippen LogP contribution in [0.2, 0.25) is 0 Å². The Morgan fingerprint density at radius 1 is 0.821 bits per heavy atom. The maximum absolute atomic E-state index is 12.7. The number of hydrogen-bond donors (Lipinski definition) is 1. The minimum atomic E-state index is -0.258. The van der Waals surface area contributed by atoms with Crippen LogP contribution in [-0.4, -0.2) is 35.7 Å². The molecule has 0 unspecified atom stereocenters. The van der Waals surface area contributed by atoms with Gasteiger partial charge in [0, 0.05) is 44.0 Å². The molecule has 1 saturated carbocycles. The van der Waals surface area contributed by atoms with Gasteiger partial charge in [-0.3, -0.25) is 14.3 Å². The van der Waals surface area contributed by atoms with E-state index in [0.29, 0.717) is 5.82 Å². The van der Waals surface area contributed by atoms with Crippen molar-refractivity contribution in [2.45, 2.75) is 52.0 Å². The summed E-state index contributed by atoms with van der Waals surface area (Å²) in [6.07, 6.45) is 5.25. The minimum Gasteiger partial charge on any atom is -0.368 e. The van der Waals surface area contributed by atoms with Crippen molar-refractivity contribution in [1.29, 1.82) is 0 Å². The van der Waals surface area contributed by atoms with E-state index in [1.54, 1.807) is 6.07 Å². The van der Waals surface area contributed by atoms with Crippen molar-refractivity contribution in [3.63, 3.8) is 0 Å². The van der Waals surface area contributed by atoms with E-state index in [1.807, 2.05) is 0 Å². The summed E-state index contributed by atoms with van der Waals surface area (Å²) in [5.74, 6) is 0.655. The van der Waals surface area contributed by atoms with Crippen molar-refractivity contribution >= 4 is 11.5 Å². The summed E-state index contributed by atoms with van der Waals surface area (Å²) in [4.78, 5) is 32.8. The molecule has 1 saturated heterocycles. The summed E-state index contributed by atoms with van der Waals surface area (Å²) < 4.78 is 1.44. The normalized spacial score (nSPS) is 18.5. The minimum absolute atomic E-state index is 0.0560. The van der Waals surface area contributed by atoms with E-state index < -0.39 is 0 Å². The largest absolute Gasteiger partial charge is 0.368 e. The third-order valence-corrected chi connectivity index (χ3v) is 6.08. The SMILES string of the molecule is Cc1cc(C)cc(N2CCN(c3cc(=O)n(C4CCCCC4)c(=O)[nH]3)CC2)c1. The van der Waals surface area contributed by atoms with Crippen molar-refractivity contribution in [1.82, 2.24) is 9.55 Å². The molecule has 1 aliphatic carbocycles. The van der Waals surface area contributed by atoms with Crippen LogP contribution in [0.3, 0.4) is 0 Å². The maximum atomic E-state index is 12.7. The van der Waals surface area contributed by atoms with Crippen molar-refractivity contribution < 1.29 is 0 Å². The van der Waals surface area contributed by atoms with Crippen molar-refractivity contribution in [3.05, 3.63) is 56.2 Å². The number of anilines is 2. The average molecular weight is 383 g/mol. The fourth-order valence-electron chi connectivity index (χ4n) is 4.69. The molecule has 0 radical (unpaired) electrons. The molecule has 0 amide bonds. The van der Waals surface area contributed by atoms with Crippen LogP contribution in [0.15, 0.2) is 33.9 Å². The monoisotopic (exact) mass is 382 g/mol. The highest BCUT2D eigenvalue weighted by Gasteiger charge is 2.22. The first-order valence-corrected chi connectivity index (χ1v) is 10.5. The lowest BCUT2D eigenvalue weighted by molar-refractivity contribution is 0.336. The fraction of sp³-hybridized carbons (Fsp3) is 0.545. The first-order valence-electron chi connectivity index (χ1n) is 10.5. The average Bonchev–Trinajstić information content (AvgIpc) is 2.68. The topological polar surface area (TPSA) is 61.3 Å². The summed E-state index contributed by atoms with van der Waals surface area (Å²) in [5, 5.41) is 0. The van der Waals surface area contributed by atoms with Crippen molar-refractivity contribution in [2.75, 3.05) is 36.0 Å². The predicted molar refractivity (Wildman–Crippen MR) is 114 cm³/mol. The third kappa shape index (κ3) is 3.86. The maximum Gasteiger partial charge on any atom is 0.330 e. The van der Waals surface area contributed by atoms with Crippen LogP contribution in [-0.2, 0) is 0 Å². The number of piperazine rings is 1. The van der Waals surface area contributed by atoms with Gasteiger partial charge in [-0.05, 0) is 49.9 Å². The molecule has 2 aromatic rings. The molecule has 0 bridgehead atoms. The van der Waals surface area contributed by atoms with Gasteiger partial charge in [0.05, 0.1) is 0 Å². The van der Waals surface area contributed by atoms with Crippen molar-refractivity contribution in [3.8, 4) is 0 Å². The third-order valence-electron chi connectivity index (χ3n) is 6.08. The number of benzene rings is 1. The standard InChI is InChI=1S/C22H30N4O2/c1-16-12-17(2)14-19(13-16)24-8-10-25(11-9-24)20-15-21(27)26(22(28)23-20)18-6-4-3-5-7-18/h12-15,18H,3-11H2,1-2H3,(H,23,28). The number of nitrogens with one attached hydrogen (secondary N) is 1. The van der Waals surface area contributed by atoms with E-state index in [-0.39, 0.29) is 17.3 Å². The second-order valence-electron chi connectivity index (χ2n) is 8.28. The van der Waals surface area contributed by atoms with E-state index in [0.717, 1.165) is 51.9 Å². The van der Waals surface area contributed by atoms with E-state index in [1.165, 1.54) is 27.8 Å². The molecule has 4 rings (SSSR count). The molecule has 1 aromatic carbocycles. The lowest BCUT2D eigenvalue weighted by Gasteiger charge is -2.37. The van der Waals surface area contributed by atoms with Gasteiger partial charge < -0.3 is 9.80 Å². The van der Waals surface area contributed by atoms with Gasteiger partial charge in [-0.1, -0.05) is 25.3 Å². The number of aromatic amines is 1. The lowest BCUT2D eigenvalue weighted by Crippen LogP contribution is -2.48. The lowest BCUT2D eigenvalue weighted by atomic mass is 9.95. The summed E-state index contributed by atoms with van der Waals surface area (Å²) in [5.41, 5.74) is 3.37. The first kappa shape index (κ1) is 18.8. The van der Waals surface area contributed by atoms with Crippen molar-refractivity contribution in [2.24, 2.45) is 0 Å². The van der Waals surface area contributed by atoms with E-state index in [4.69, 9.17) is 0 Å². The Bertz CT molecular complexity index is 896. The Morgan fingerprint density at radius 3 is 2.04 bits per heavy atom. The Morgan fingerprint density at radius 2 is 1.43 bits per heavy atom. The number of aromatic nitrogens is 2. The zero-order valence-electron chi connectivity index (χ0n) is 16.9. The molecule has 1 aliphatic heterocycles. The Balaban J connectivity index is 1.49. The Kier molecular flexibility index (Phi) is 5.29. The molecule has 1 N–H and O–H groups in total. The van der Waals surface area contributed by atoms with Gasteiger partial charge in [0.2, 0.25) is 0 Å². The smallest absolute Gasteiger partial charge is 0.330 e. The molecule has 6 nitrogen and oxygen atoms in total. The molecule has 6 heteroatoms. The molecule has 28 heavy (non-hydrogen) atoms. The molecular formula is C22H30N4O2.